The van der Waals surface area contributed by atoms with Crippen molar-refractivity contribution in [3.05, 3.63) is 29.8 Å². The van der Waals surface area contributed by atoms with E-state index in [1.165, 1.54) is 12.1 Å². The third-order valence-corrected chi connectivity index (χ3v) is 4.19. The van der Waals surface area contributed by atoms with Gasteiger partial charge in [-0.1, -0.05) is 17.7 Å². The molecule has 16 nitrogen and oxygen atoms in total. The van der Waals surface area contributed by atoms with Gasteiger partial charge in [0.25, 0.3) is 0 Å². The summed E-state index contributed by atoms with van der Waals surface area (Å²) >= 11 is 0. The van der Waals surface area contributed by atoms with Crippen LogP contribution < -0.4 is 25.5 Å². The van der Waals surface area contributed by atoms with Gasteiger partial charge in [0.15, 0.2) is 0 Å². The van der Waals surface area contributed by atoms with E-state index in [2.05, 4.69) is 0 Å². The second-order valence-electron chi connectivity index (χ2n) is 6.21. The molecule has 0 amide bonds. The van der Waals surface area contributed by atoms with Crippen molar-refractivity contribution in [2.45, 2.75) is 42.5 Å². The maximum absolute atomic E-state index is 10.4. The summed E-state index contributed by atoms with van der Waals surface area (Å²) in [5.74, 6) is -10.1. The summed E-state index contributed by atoms with van der Waals surface area (Å²) in [4.78, 5) is 49.1. The zero-order valence-electron chi connectivity index (χ0n) is 16.9. The Morgan fingerprint density at radius 1 is 0.824 bits per heavy atom. The Labute approximate surface area is 190 Å². The molecule has 3 N–H and O–H groups in total. The maximum Gasteiger partial charge on any atom is 0.124 e. The average Bonchev–Trinajstić information content (AvgIpc) is 2.65. The molecule has 0 bridgehead atoms. The highest BCUT2D eigenvalue weighted by atomic mass is 32.2. The van der Waals surface area contributed by atoms with E-state index in [9.17, 15) is 62.5 Å². The SMILES string of the molecule is Cc1ccc(S(=O)(=O)[O-])cc1.O=C([O-])C(O)C(O)C(=O)[O-].O=C([O-])CC(O)(CC(=O)[O-])C(=O)[O-]. The minimum atomic E-state index is -4.27. The standard InChI is InChI=1S/C7H8O3S.C6H8O7.C4H6O6/c1-6-2-4-7(5-3-6)11(8,9)10;7-3(8)1-6(13,5(11)12)2-4(9)10;5-1(3(7)8)2(6)4(9)10/h2-5H,1H3,(H,8,9,10);13H,1-2H2,(H,7,8)(H,9,10)(H,11,12);1-2,5-6H,(H,7,8)(H,9,10)/p-6. The van der Waals surface area contributed by atoms with Crippen LogP contribution in [0.1, 0.15) is 18.4 Å². The fourth-order valence-electron chi connectivity index (χ4n) is 1.65. The Bertz CT molecular complexity index is 947. The molecule has 1 aromatic rings. The van der Waals surface area contributed by atoms with Crippen LogP contribution in [0.15, 0.2) is 29.2 Å². The van der Waals surface area contributed by atoms with Crippen molar-refractivity contribution in [2.24, 2.45) is 0 Å². The first kappa shape index (κ1) is 32.5. The first-order chi connectivity index (χ1) is 15.2. The lowest BCUT2D eigenvalue weighted by Crippen LogP contribution is -2.54. The van der Waals surface area contributed by atoms with Crippen LogP contribution in [0.4, 0.5) is 0 Å². The van der Waals surface area contributed by atoms with E-state index in [0.717, 1.165) is 5.56 Å². The second-order valence-corrected chi connectivity index (χ2v) is 7.59. The fraction of sp³-hybridized carbons (Fsp3) is 0.353. The lowest BCUT2D eigenvalue weighted by molar-refractivity contribution is -0.339. The van der Waals surface area contributed by atoms with Gasteiger partial charge in [0.1, 0.15) is 27.9 Å². The van der Waals surface area contributed by atoms with Crippen LogP contribution in [0.5, 0.6) is 0 Å². The van der Waals surface area contributed by atoms with Crippen molar-refractivity contribution in [2.75, 3.05) is 0 Å². The van der Waals surface area contributed by atoms with Gasteiger partial charge in [0.2, 0.25) is 0 Å². The molecule has 0 radical (unpaired) electrons. The Kier molecular flexibility index (Phi) is 13.2. The van der Waals surface area contributed by atoms with Crippen LogP contribution in [-0.2, 0) is 34.1 Å². The number of hydrogen-bond donors (Lipinski definition) is 3. The summed E-state index contributed by atoms with van der Waals surface area (Å²) in [5.41, 5.74) is -2.05. The molecule has 0 saturated carbocycles. The van der Waals surface area contributed by atoms with Crippen LogP contribution in [0.3, 0.4) is 0 Å². The summed E-state index contributed by atoms with van der Waals surface area (Å²) < 4.78 is 31.2. The molecular weight excluding hydrogens is 492 g/mol. The van der Waals surface area contributed by atoms with Gasteiger partial charge in [-0.3, -0.25) is 0 Å². The maximum atomic E-state index is 10.4. The molecule has 0 saturated heterocycles. The summed E-state index contributed by atoms with van der Waals surface area (Å²) in [7, 11) is -4.27. The van der Waals surface area contributed by atoms with Crippen molar-refractivity contribution in [1.29, 1.82) is 0 Å². The monoisotopic (exact) mass is 508 g/mol. The largest absolute Gasteiger partial charge is 0.744 e. The van der Waals surface area contributed by atoms with E-state index in [1.54, 1.807) is 12.1 Å². The Morgan fingerprint density at radius 3 is 1.35 bits per heavy atom. The third kappa shape index (κ3) is 13.0. The van der Waals surface area contributed by atoms with Crippen LogP contribution in [0.25, 0.3) is 0 Å². The molecule has 0 fully saturated rings. The molecule has 17 heteroatoms. The Morgan fingerprint density at radius 2 is 1.15 bits per heavy atom. The van der Waals surface area contributed by atoms with Gasteiger partial charge in [-0.2, -0.15) is 0 Å². The molecule has 0 aliphatic heterocycles. The molecule has 0 aliphatic rings. The number of rotatable bonds is 9. The van der Waals surface area contributed by atoms with E-state index in [1.807, 2.05) is 6.92 Å². The van der Waals surface area contributed by atoms with E-state index in [-0.39, 0.29) is 4.90 Å². The van der Waals surface area contributed by atoms with Crippen LogP contribution in [0.2, 0.25) is 0 Å². The number of aliphatic hydroxyl groups excluding tert-OH is 2. The molecule has 0 heterocycles. The Hall–Kier alpha value is -3.64. The minimum absolute atomic E-state index is 0.178. The third-order valence-electron chi connectivity index (χ3n) is 3.35. The van der Waals surface area contributed by atoms with Gasteiger partial charge in [0.05, 0.1) is 22.8 Å². The zero-order chi connectivity index (χ0) is 27.4. The molecule has 1 aromatic carbocycles. The predicted molar refractivity (Wildman–Crippen MR) is 90.4 cm³/mol. The van der Waals surface area contributed by atoms with E-state index >= 15 is 0 Å². The molecule has 34 heavy (non-hydrogen) atoms. The number of carboxylic acid groups (broad SMARTS) is 5. The van der Waals surface area contributed by atoms with Crippen LogP contribution in [-0.4, -0.2) is 75.9 Å². The number of aryl methyl sites for hydroxylation is 1. The second kappa shape index (κ2) is 13.8. The molecule has 0 spiro atoms. The molecule has 0 aliphatic carbocycles. The molecular formula is C17H16O16S-6. The summed E-state index contributed by atoms with van der Waals surface area (Å²) in [6.45, 7) is 1.82. The lowest BCUT2D eigenvalue weighted by atomic mass is 9.96. The molecule has 2 unspecified atom stereocenters. The van der Waals surface area contributed by atoms with Gasteiger partial charge < -0.3 is 69.4 Å². The first-order valence-electron chi connectivity index (χ1n) is 8.38. The van der Waals surface area contributed by atoms with Crippen molar-refractivity contribution in [1.82, 2.24) is 0 Å². The van der Waals surface area contributed by atoms with Crippen molar-refractivity contribution < 1.29 is 77.8 Å². The highest BCUT2D eigenvalue weighted by Gasteiger charge is 2.29. The van der Waals surface area contributed by atoms with Gasteiger partial charge >= 0.3 is 0 Å². The van der Waals surface area contributed by atoms with E-state index < -0.39 is 70.6 Å². The number of aliphatic carboxylic acids is 5. The zero-order valence-corrected chi connectivity index (χ0v) is 17.8. The average molecular weight is 508 g/mol. The smallest absolute Gasteiger partial charge is 0.124 e. The van der Waals surface area contributed by atoms with Crippen LogP contribution >= 0.6 is 0 Å². The number of carboxylic acids is 5. The summed E-state index contributed by atoms with van der Waals surface area (Å²) in [6, 6.07) is 5.78. The quantitative estimate of drug-likeness (QED) is 0.260. The summed E-state index contributed by atoms with van der Waals surface area (Å²) in [5, 5.41) is 74.7. The van der Waals surface area contributed by atoms with Gasteiger partial charge in [-0.25, -0.2) is 8.42 Å². The van der Waals surface area contributed by atoms with E-state index in [0.29, 0.717) is 0 Å². The van der Waals surface area contributed by atoms with Crippen molar-refractivity contribution >= 4 is 40.0 Å². The predicted octanol–water partition coefficient (Wildman–Crippen LogP) is -9.15. The molecule has 2 atom stereocenters. The normalized spacial score (nSPS) is 12.5. The summed E-state index contributed by atoms with van der Waals surface area (Å²) in [6.07, 6.45) is -7.60. The molecule has 192 valence electrons. The highest BCUT2D eigenvalue weighted by Crippen LogP contribution is 2.13. The first-order valence-corrected chi connectivity index (χ1v) is 9.79. The van der Waals surface area contributed by atoms with E-state index in [4.69, 9.17) is 15.3 Å². The number of carbonyl (C=O) groups is 5. The number of aliphatic hydroxyl groups is 3. The lowest BCUT2D eigenvalue weighted by Gasteiger charge is -2.29. The van der Waals surface area contributed by atoms with Gasteiger partial charge in [0, 0.05) is 24.8 Å². The Balaban J connectivity index is 0. The topological polar surface area (TPSA) is 319 Å². The molecule has 0 aromatic heterocycles. The minimum Gasteiger partial charge on any atom is -0.744 e. The van der Waals surface area contributed by atoms with Gasteiger partial charge in [-0.05, 0) is 19.1 Å². The number of benzene rings is 1. The highest BCUT2D eigenvalue weighted by molar-refractivity contribution is 7.85. The number of carbonyl (C=O) groups excluding carboxylic acids is 5. The van der Waals surface area contributed by atoms with Crippen molar-refractivity contribution in [3.63, 3.8) is 0 Å². The fourth-order valence-corrected chi connectivity index (χ4v) is 2.12. The number of hydrogen-bond acceptors (Lipinski definition) is 16. The van der Waals surface area contributed by atoms with Gasteiger partial charge in [-0.15, -0.1) is 0 Å². The molecule has 1 rings (SSSR count). The van der Waals surface area contributed by atoms with Crippen molar-refractivity contribution in [3.8, 4) is 0 Å². The van der Waals surface area contributed by atoms with Crippen LogP contribution in [0, 0.1) is 6.92 Å².